The molecule has 0 saturated heterocycles. The number of nitrogens with one attached hydrogen (secondary N) is 2. The van der Waals surface area contributed by atoms with E-state index >= 15 is 0 Å². The van der Waals surface area contributed by atoms with Crippen LogP contribution < -0.4 is 10.6 Å². The first-order chi connectivity index (χ1) is 9.24. The number of rotatable bonds is 5. The molecule has 0 aliphatic heterocycles. The van der Waals surface area contributed by atoms with Gasteiger partial charge in [0.25, 0.3) is 5.91 Å². The monoisotopic (exact) mass is 260 g/mol. The molecule has 2 saturated carbocycles. The van der Waals surface area contributed by atoms with Crippen LogP contribution in [0.2, 0.25) is 0 Å². The normalized spacial score (nSPS) is 25.5. The van der Waals surface area contributed by atoms with Crippen molar-refractivity contribution >= 4 is 11.6 Å². The summed E-state index contributed by atoms with van der Waals surface area (Å²) in [6.45, 7) is 0. The van der Waals surface area contributed by atoms with Crippen molar-refractivity contribution in [3.8, 4) is 0 Å². The third kappa shape index (κ3) is 3.07. The predicted molar refractivity (Wildman–Crippen MR) is 74.4 cm³/mol. The Bertz CT molecular complexity index is 465. The number of carbonyl (C=O) groups is 1. The zero-order valence-corrected chi connectivity index (χ0v) is 11.2. The van der Waals surface area contributed by atoms with Gasteiger partial charge in [-0.3, -0.25) is 4.79 Å². The first kappa shape index (κ1) is 12.5. The number of ether oxygens (including phenoxy) is 1. The fourth-order valence-electron chi connectivity index (χ4n) is 2.36. The lowest BCUT2D eigenvalue weighted by molar-refractivity contribution is 0.0328. The Labute approximate surface area is 113 Å². The minimum absolute atomic E-state index is 0.0366. The maximum absolute atomic E-state index is 12.0. The van der Waals surface area contributed by atoms with Gasteiger partial charge in [0.2, 0.25) is 0 Å². The van der Waals surface area contributed by atoms with Gasteiger partial charge in [-0.1, -0.05) is 6.07 Å². The molecule has 0 radical (unpaired) electrons. The summed E-state index contributed by atoms with van der Waals surface area (Å²) in [5.74, 6) is 0.0366. The quantitative estimate of drug-likeness (QED) is 0.853. The molecule has 2 N–H and O–H groups in total. The lowest BCUT2D eigenvalue weighted by Gasteiger charge is -2.35. The van der Waals surface area contributed by atoms with Gasteiger partial charge in [-0.05, 0) is 43.9 Å². The summed E-state index contributed by atoms with van der Waals surface area (Å²) in [5, 5.41) is 6.45. The molecule has 4 heteroatoms. The Morgan fingerprint density at radius 1 is 1.26 bits per heavy atom. The molecule has 0 heterocycles. The Kier molecular flexibility index (Phi) is 3.42. The predicted octanol–water partition coefficient (Wildman–Crippen LogP) is 2.17. The van der Waals surface area contributed by atoms with Crippen molar-refractivity contribution in [3.05, 3.63) is 29.8 Å². The van der Waals surface area contributed by atoms with E-state index in [2.05, 4.69) is 10.6 Å². The van der Waals surface area contributed by atoms with Crippen LogP contribution in [0, 0.1) is 0 Å². The van der Waals surface area contributed by atoms with Crippen molar-refractivity contribution in [2.75, 3.05) is 12.4 Å². The van der Waals surface area contributed by atoms with Crippen LogP contribution in [-0.4, -0.2) is 31.2 Å². The molecule has 102 valence electrons. The molecular formula is C15H20N2O2. The maximum Gasteiger partial charge on any atom is 0.251 e. The minimum atomic E-state index is 0.0366. The molecule has 1 aromatic carbocycles. The van der Waals surface area contributed by atoms with Gasteiger partial charge in [-0.25, -0.2) is 0 Å². The van der Waals surface area contributed by atoms with E-state index in [1.165, 1.54) is 0 Å². The van der Waals surface area contributed by atoms with Crippen molar-refractivity contribution in [2.45, 2.75) is 43.9 Å². The van der Waals surface area contributed by atoms with Gasteiger partial charge >= 0.3 is 0 Å². The van der Waals surface area contributed by atoms with E-state index in [0.717, 1.165) is 36.9 Å². The third-order valence-electron chi connectivity index (χ3n) is 3.84. The average molecular weight is 260 g/mol. The summed E-state index contributed by atoms with van der Waals surface area (Å²) >= 11 is 0. The number of benzene rings is 1. The molecule has 0 unspecified atom stereocenters. The van der Waals surface area contributed by atoms with Crippen LogP contribution in [0.25, 0.3) is 0 Å². The van der Waals surface area contributed by atoms with Crippen LogP contribution in [0.4, 0.5) is 5.69 Å². The molecule has 2 aliphatic carbocycles. The molecule has 2 fully saturated rings. The number of hydrogen-bond acceptors (Lipinski definition) is 3. The highest BCUT2D eigenvalue weighted by Gasteiger charge is 2.29. The molecule has 4 nitrogen and oxygen atoms in total. The third-order valence-corrected chi connectivity index (χ3v) is 3.84. The fourth-order valence-corrected chi connectivity index (χ4v) is 2.36. The van der Waals surface area contributed by atoms with Crippen molar-refractivity contribution < 1.29 is 9.53 Å². The second-order valence-corrected chi connectivity index (χ2v) is 5.50. The summed E-state index contributed by atoms with van der Waals surface area (Å²) in [4.78, 5) is 12.0. The Balaban J connectivity index is 1.58. The molecule has 3 rings (SSSR count). The number of amides is 1. The first-order valence-electron chi connectivity index (χ1n) is 6.95. The summed E-state index contributed by atoms with van der Waals surface area (Å²) in [7, 11) is 1.75. The largest absolute Gasteiger partial charge is 0.382 e. The van der Waals surface area contributed by atoms with Gasteiger partial charge in [0.1, 0.15) is 0 Å². The summed E-state index contributed by atoms with van der Waals surface area (Å²) in [5.41, 5.74) is 1.75. The number of methoxy groups -OCH3 is 1. The Morgan fingerprint density at radius 3 is 2.74 bits per heavy atom. The average Bonchev–Trinajstić information content (AvgIpc) is 3.17. The van der Waals surface area contributed by atoms with Crippen LogP contribution >= 0.6 is 0 Å². The van der Waals surface area contributed by atoms with Crippen LogP contribution in [0.5, 0.6) is 0 Å². The molecule has 0 aromatic heterocycles. The molecule has 0 bridgehead atoms. The topological polar surface area (TPSA) is 50.4 Å². The van der Waals surface area contributed by atoms with E-state index in [0.29, 0.717) is 18.2 Å². The maximum atomic E-state index is 12.0. The Hall–Kier alpha value is -1.55. The Morgan fingerprint density at radius 2 is 2.05 bits per heavy atom. The van der Waals surface area contributed by atoms with E-state index in [1.807, 2.05) is 24.3 Å². The van der Waals surface area contributed by atoms with Crippen molar-refractivity contribution in [2.24, 2.45) is 0 Å². The van der Waals surface area contributed by atoms with Gasteiger partial charge in [0.15, 0.2) is 0 Å². The van der Waals surface area contributed by atoms with Crippen LogP contribution in [0.15, 0.2) is 24.3 Å². The highest BCUT2D eigenvalue weighted by atomic mass is 16.5. The minimum Gasteiger partial charge on any atom is -0.382 e. The highest BCUT2D eigenvalue weighted by molar-refractivity contribution is 5.95. The van der Waals surface area contributed by atoms with Crippen LogP contribution in [0.3, 0.4) is 0 Å². The lowest BCUT2D eigenvalue weighted by Crippen LogP contribution is -2.40. The van der Waals surface area contributed by atoms with E-state index in [-0.39, 0.29) is 5.91 Å². The van der Waals surface area contributed by atoms with Crippen LogP contribution in [0.1, 0.15) is 36.0 Å². The molecule has 0 spiro atoms. The molecule has 1 amide bonds. The van der Waals surface area contributed by atoms with Gasteiger partial charge in [0, 0.05) is 30.4 Å². The van der Waals surface area contributed by atoms with Gasteiger partial charge in [-0.15, -0.1) is 0 Å². The van der Waals surface area contributed by atoms with E-state index in [4.69, 9.17) is 4.74 Å². The van der Waals surface area contributed by atoms with Gasteiger partial charge < -0.3 is 15.4 Å². The SMILES string of the molecule is COC1CC(Nc2cccc(C(=O)NC3CC3)c2)C1. The molecule has 1 aromatic rings. The molecular weight excluding hydrogens is 240 g/mol. The van der Waals surface area contributed by atoms with Crippen LogP contribution in [-0.2, 0) is 4.74 Å². The second kappa shape index (κ2) is 5.21. The van der Waals surface area contributed by atoms with E-state index in [9.17, 15) is 4.79 Å². The smallest absolute Gasteiger partial charge is 0.251 e. The number of anilines is 1. The van der Waals surface area contributed by atoms with Gasteiger partial charge in [-0.2, -0.15) is 0 Å². The highest BCUT2D eigenvalue weighted by Crippen LogP contribution is 2.26. The number of hydrogen-bond donors (Lipinski definition) is 2. The standard InChI is InChI=1S/C15H20N2O2/c1-19-14-8-13(9-14)16-12-4-2-3-10(7-12)15(18)17-11-5-6-11/h2-4,7,11,13-14,16H,5-6,8-9H2,1H3,(H,17,18). The van der Waals surface area contributed by atoms with Crippen molar-refractivity contribution in [1.82, 2.24) is 5.32 Å². The van der Waals surface area contributed by atoms with Crippen molar-refractivity contribution in [3.63, 3.8) is 0 Å². The molecule has 0 atom stereocenters. The summed E-state index contributed by atoms with van der Waals surface area (Å²) in [6, 6.07) is 8.59. The zero-order valence-electron chi connectivity index (χ0n) is 11.2. The summed E-state index contributed by atoms with van der Waals surface area (Å²) < 4.78 is 5.26. The lowest BCUT2D eigenvalue weighted by atomic mass is 9.89. The van der Waals surface area contributed by atoms with E-state index < -0.39 is 0 Å². The molecule has 2 aliphatic rings. The fraction of sp³-hybridized carbons (Fsp3) is 0.533. The second-order valence-electron chi connectivity index (χ2n) is 5.50. The number of carbonyl (C=O) groups excluding carboxylic acids is 1. The van der Waals surface area contributed by atoms with E-state index in [1.54, 1.807) is 7.11 Å². The summed E-state index contributed by atoms with van der Waals surface area (Å²) in [6.07, 6.45) is 4.69. The van der Waals surface area contributed by atoms with Crippen molar-refractivity contribution in [1.29, 1.82) is 0 Å². The zero-order chi connectivity index (χ0) is 13.2. The molecule has 19 heavy (non-hydrogen) atoms. The first-order valence-corrected chi connectivity index (χ1v) is 6.95. The van der Waals surface area contributed by atoms with Gasteiger partial charge in [0.05, 0.1) is 6.10 Å².